The summed E-state index contributed by atoms with van der Waals surface area (Å²) in [5, 5.41) is 12.0. The number of amides is 1. The third kappa shape index (κ3) is 6.48. The van der Waals surface area contributed by atoms with E-state index in [4.69, 9.17) is 10.7 Å². The van der Waals surface area contributed by atoms with Crippen molar-refractivity contribution in [1.29, 1.82) is 5.26 Å². The number of halogens is 2. The van der Waals surface area contributed by atoms with E-state index >= 15 is 0 Å². The average Bonchev–Trinajstić information content (AvgIpc) is 2.78. The molecule has 1 atom stereocenters. The summed E-state index contributed by atoms with van der Waals surface area (Å²) in [6.07, 6.45) is 0.0599. The number of ketones is 1. The monoisotopic (exact) mass is 484 g/mol. The summed E-state index contributed by atoms with van der Waals surface area (Å²) in [5.74, 6) is -1.37. The zero-order valence-corrected chi connectivity index (χ0v) is 18.7. The Balaban J connectivity index is 1.85. The normalized spacial score (nSPS) is 11.9. The maximum Gasteiger partial charge on any atom is 0.262 e. The molecule has 0 heterocycles. The molecule has 168 valence electrons. The third-order valence-corrected chi connectivity index (χ3v) is 6.27. The van der Waals surface area contributed by atoms with Gasteiger partial charge in [0.05, 0.1) is 11.6 Å². The minimum Gasteiger partial charge on any atom is -0.342 e. The molecule has 0 saturated carbocycles. The fourth-order valence-corrected chi connectivity index (χ4v) is 4.25. The first kappa shape index (κ1) is 24.1. The molecule has 0 unspecified atom stereocenters. The summed E-state index contributed by atoms with van der Waals surface area (Å²) in [6.45, 7) is 0. The molecule has 0 bridgehead atoms. The highest BCUT2D eigenvalue weighted by molar-refractivity contribution is 8.13. The lowest BCUT2D eigenvalue weighted by Gasteiger charge is -2.18. The van der Waals surface area contributed by atoms with Gasteiger partial charge in [0, 0.05) is 22.7 Å². The molecule has 0 saturated heterocycles. The van der Waals surface area contributed by atoms with E-state index in [9.17, 15) is 27.7 Å². The van der Waals surface area contributed by atoms with Crippen molar-refractivity contribution in [2.75, 3.05) is 0 Å². The Morgan fingerprint density at radius 2 is 1.67 bits per heavy atom. The van der Waals surface area contributed by atoms with Gasteiger partial charge in [-0.1, -0.05) is 36.4 Å². The van der Waals surface area contributed by atoms with Crippen molar-refractivity contribution < 1.29 is 22.4 Å². The Labute approximate surface area is 195 Å². The lowest BCUT2D eigenvalue weighted by molar-refractivity contribution is -0.120. The molecule has 0 radical (unpaired) electrons. The fraction of sp³-hybridized carbons (Fsp3) is 0.125. The number of Topliss-reactive ketones (excluding diaryl/α,β-unsaturated/α-hetero) is 1. The van der Waals surface area contributed by atoms with Gasteiger partial charge in [-0.25, -0.2) is 12.8 Å². The van der Waals surface area contributed by atoms with E-state index in [1.807, 2.05) is 30.3 Å². The second kappa shape index (κ2) is 10.4. The zero-order chi connectivity index (χ0) is 24.0. The highest BCUT2D eigenvalue weighted by Gasteiger charge is 2.23. The van der Waals surface area contributed by atoms with Crippen LogP contribution in [-0.4, -0.2) is 26.2 Å². The van der Waals surface area contributed by atoms with E-state index in [2.05, 4.69) is 5.32 Å². The average molecular weight is 485 g/mol. The van der Waals surface area contributed by atoms with Gasteiger partial charge in [-0.15, -0.1) is 0 Å². The molecular weight excluding hydrogens is 467 g/mol. The van der Waals surface area contributed by atoms with Crippen molar-refractivity contribution in [2.45, 2.75) is 23.8 Å². The summed E-state index contributed by atoms with van der Waals surface area (Å²) in [4.78, 5) is 25.4. The van der Waals surface area contributed by atoms with Crippen LogP contribution in [0.3, 0.4) is 0 Å². The van der Waals surface area contributed by atoms with Gasteiger partial charge < -0.3 is 5.32 Å². The van der Waals surface area contributed by atoms with E-state index in [1.165, 1.54) is 30.3 Å². The van der Waals surface area contributed by atoms with E-state index in [1.54, 1.807) is 6.07 Å². The molecule has 3 rings (SSSR count). The number of nitrogens with zero attached hydrogens (tertiary/aromatic N) is 1. The highest BCUT2D eigenvalue weighted by atomic mass is 35.7. The van der Waals surface area contributed by atoms with E-state index < -0.39 is 26.8 Å². The second-order valence-electron chi connectivity index (χ2n) is 7.25. The molecule has 1 N–H and O–H groups in total. The standard InChI is InChI=1S/C24H18ClFN2O4S/c25-33(31,32)23-11-6-17(12-19(23)15-27)14-22(29)21(13-16-4-2-1-3-5-16)28-24(30)18-7-9-20(26)10-8-18/h1-12,21H,13-14H2,(H,28,30)/t21-/m0/s1. The van der Waals surface area contributed by atoms with E-state index in [0.717, 1.165) is 17.7 Å². The summed E-state index contributed by atoms with van der Waals surface area (Å²) in [7, 11) is 1.23. The second-order valence-corrected chi connectivity index (χ2v) is 9.78. The number of hydrogen-bond acceptors (Lipinski definition) is 5. The van der Waals surface area contributed by atoms with Gasteiger partial charge in [-0.05, 0) is 53.9 Å². The van der Waals surface area contributed by atoms with E-state index in [-0.39, 0.29) is 34.6 Å². The van der Waals surface area contributed by atoms with Crippen molar-refractivity contribution in [3.8, 4) is 6.07 Å². The predicted octanol–water partition coefficient (Wildman–Crippen LogP) is 3.78. The van der Waals surface area contributed by atoms with Crippen molar-refractivity contribution in [3.63, 3.8) is 0 Å². The number of hydrogen-bond donors (Lipinski definition) is 1. The maximum atomic E-state index is 13.2. The summed E-state index contributed by atoms with van der Waals surface area (Å²) < 4.78 is 36.4. The molecule has 3 aromatic rings. The molecule has 0 aliphatic heterocycles. The SMILES string of the molecule is N#Cc1cc(CC(=O)[C@H](Cc2ccccc2)NC(=O)c2ccc(F)cc2)ccc1S(=O)(=O)Cl. The van der Waals surface area contributed by atoms with E-state index in [0.29, 0.717) is 5.56 Å². The van der Waals surface area contributed by atoms with Crippen LogP contribution in [0.2, 0.25) is 0 Å². The number of nitriles is 1. The fourth-order valence-electron chi connectivity index (χ4n) is 3.25. The smallest absolute Gasteiger partial charge is 0.262 e. The Morgan fingerprint density at radius 1 is 1.00 bits per heavy atom. The van der Waals surface area contributed by atoms with Gasteiger partial charge in [-0.3, -0.25) is 9.59 Å². The Kier molecular flexibility index (Phi) is 7.59. The molecule has 3 aromatic carbocycles. The Morgan fingerprint density at radius 3 is 2.27 bits per heavy atom. The van der Waals surface area contributed by atoms with Crippen molar-refractivity contribution in [1.82, 2.24) is 5.32 Å². The molecular formula is C24H18ClFN2O4S. The van der Waals surface area contributed by atoms with Gasteiger partial charge in [0.15, 0.2) is 5.78 Å². The molecule has 0 spiro atoms. The predicted molar refractivity (Wildman–Crippen MR) is 121 cm³/mol. The first-order valence-electron chi connectivity index (χ1n) is 9.78. The van der Waals surface area contributed by atoms with Crippen molar-refractivity contribution >= 4 is 31.4 Å². The largest absolute Gasteiger partial charge is 0.342 e. The number of benzene rings is 3. The Hall–Kier alpha value is -3.54. The van der Waals surface area contributed by atoms with Crippen LogP contribution < -0.4 is 5.32 Å². The molecule has 0 fully saturated rings. The third-order valence-electron chi connectivity index (χ3n) is 4.89. The van der Waals surface area contributed by atoms with Crippen LogP contribution >= 0.6 is 10.7 Å². The van der Waals surface area contributed by atoms with Crippen molar-refractivity contribution in [3.05, 3.63) is 101 Å². The zero-order valence-electron chi connectivity index (χ0n) is 17.2. The molecule has 0 aromatic heterocycles. The van der Waals surface area contributed by atoms with Gasteiger partial charge in [0.25, 0.3) is 15.0 Å². The van der Waals surface area contributed by atoms with Crippen LogP contribution in [0.25, 0.3) is 0 Å². The first-order chi connectivity index (χ1) is 15.7. The molecule has 0 aliphatic rings. The quantitative estimate of drug-likeness (QED) is 0.490. The van der Waals surface area contributed by atoms with Crippen LogP contribution in [0.15, 0.2) is 77.7 Å². The number of nitrogens with one attached hydrogen (secondary N) is 1. The molecule has 9 heteroatoms. The van der Waals surface area contributed by atoms with Crippen molar-refractivity contribution in [2.24, 2.45) is 0 Å². The molecule has 33 heavy (non-hydrogen) atoms. The summed E-state index contributed by atoms with van der Waals surface area (Å²) in [6, 6.07) is 18.7. The van der Waals surface area contributed by atoms with Crippen LogP contribution in [0.4, 0.5) is 4.39 Å². The minimum absolute atomic E-state index is 0.154. The van der Waals surface area contributed by atoms with Gasteiger partial charge in [0.2, 0.25) is 0 Å². The van der Waals surface area contributed by atoms with Gasteiger partial charge in [-0.2, -0.15) is 5.26 Å². The van der Waals surface area contributed by atoms with Crippen LogP contribution in [-0.2, 0) is 26.7 Å². The van der Waals surface area contributed by atoms with Crippen LogP contribution in [0, 0.1) is 17.1 Å². The summed E-state index contributed by atoms with van der Waals surface area (Å²) in [5.41, 5.74) is 1.24. The lowest BCUT2D eigenvalue weighted by Crippen LogP contribution is -2.43. The summed E-state index contributed by atoms with van der Waals surface area (Å²) >= 11 is 0. The minimum atomic E-state index is -4.12. The molecule has 0 aliphatic carbocycles. The molecule has 1 amide bonds. The number of carbonyl (C=O) groups excluding carboxylic acids is 2. The number of rotatable bonds is 8. The maximum absolute atomic E-state index is 13.2. The number of carbonyl (C=O) groups is 2. The Bertz CT molecular complexity index is 1320. The van der Waals surface area contributed by atoms with Crippen LogP contribution in [0.5, 0.6) is 0 Å². The highest BCUT2D eigenvalue weighted by Crippen LogP contribution is 2.21. The van der Waals surface area contributed by atoms with Gasteiger partial charge >= 0.3 is 0 Å². The lowest BCUT2D eigenvalue weighted by atomic mass is 9.96. The molecule has 6 nitrogen and oxygen atoms in total. The van der Waals surface area contributed by atoms with Gasteiger partial charge in [0.1, 0.15) is 16.8 Å². The van der Waals surface area contributed by atoms with Crippen LogP contribution in [0.1, 0.15) is 27.0 Å². The topological polar surface area (TPSA) is 104 Å². The first-order valence-corrected chi connectivity index (χ1v) is 12.1.